The lowest BCUT2D eigenvalue weighted by Gasteiger charge is -2.72. The first-order chi connectivity index (χ1) is 39.0. The fourth-order valence-electron chi connectivity index (χ4n) is 16.9. The molecule has 9 aliphatic rings. The second kappa shape index (κ2) is 24.3. The Labute approximate surface area is 483 Å². The summed E-state index contributed by atoms with van der Waals surface area (Å²) in [6, 6.07) is 0. The Morgan fingerprint density at radius 1 is 0.627 bits per heavy atom. The number of hydrogen-bond acceptors (Lipinski definition) is 25. The summed E-state index contributed by atoms with van der Waals surface area (Å²) in [6.07, 6.45) is -28.7. The number of carbonyl (C=O) groups is 2. The van der Waals surface area contributed by atoms with Crippen LogP contribution in [0.15, 0.2) is 23.3 Å². The highest BCUT2D eigenvalue weighted by atomic mass is 16.8. The molecule has 9 rings (SSSR count). The van der Waals surface area contributed by atoms with E-state index >= 15 is 0 Å². The van der Waals surface area contributed by atoms with Gasteiger partial charge in [-0.1, -0.05) is 59.3 Å². The van der Waals surface area contributed by atoms with Gasteiger partial charge in [0.1, 0.15) is 104 Å². The third-order valence-corrected chi connectivity index (χ3v) is 22.1. The highest BCUT2D eigenvalue weighted by Gasteiger charge is 2.73. The highest BCUT2D eigenvalue weighted by molar-refractivity contribution is 5.87. The minimum atomic E-state index is -2.03. The molecule has 0 amide bonds. The number of esters is 1. The fourth-order valence-corrected chi connectivity index (χ4v) is 16.9. The lowest BCUT2D eigenvalue weighted by Crippen LogP contribution is -2.70. The van der Waals surface area contributed by atoms with Gasteiger partial charge in [-0.2, -0.15) is 0 Å². The molecule has 25 heteroatoms. The lowest BCUT2D eigenvalue weighted by molar-refractivity contribution is -0.403. The quantitative estimate of drug-likeness (QED) is 0.0270. The van der Waals surface area contributed by atoms with Crippen molar-refractivity contribution in [2.24, 2.45) is 50.2 Å². The Morgan fingerprint density at radius 2 is 1.19 bits per heavy atom. The zero-order valence-corrected chi connectivity index (χ0v) is 48.6. The van der Waals surface area contributed by atoms with Crippen LogP contribution in [0.1, 0.15) is 107 Å². The van der Waals surface area contributed by atoms with Crippen molar-refractivity contribution in [2.45, 2.75) is 242 Å². The largest absolute Gasteiger partial charge is 0.458 e. The molecular weight excluding hydrogens is 1100 g/mol. The third-order valence-electron chi connectivity index (χ3n) is 22.1. The molecule has 0 aromatic heterocycles. The van der Waals surface area contributed by atoms with Gasteiger partial charge in [0.15, 0.2) is 25.2 Å². The number of aliphatic hydroxyl groups excluding tert-OH is 14. The van der Waals surface area contributed by atoms with Crippen molar-refractivity contribution in [3.8, 4) is 0 Å². The standard InChI is InChI=1S/C58H92O25/c1-9-25(2)48(74)79-36-18-53(3,4)16-27-26-10-11-33-54(5)14-13-35(55(6,23-62)32(54)12-15-56(33,7)57(26,8)17-34(65)58(27,36)24-63)80-52-47(83-50-44(73)42(71)39(68)30(20-60)77-50)45(40(69)31(21-61)78-52)81-51-46(37(66)28(64)22-75-51)82-49-43(72)41(70)38(67)29(19-59)76-49/h9-10,23,27-47,49-52,59-61,63-73H,11-22,24H2,1-8H3. The van der Waals surface area contributed by atoms with Crippen molar-refractivity contribution in [1.29, 1.82) is 0 Å². The zero-order valence-electron chi connectivity index (χ0n) is 48.6. The molecule has 474 valence electrons. The van der Waals surface area contributed by atoms with Gasteiger partial charge in [0.25, 0.3) is 0 Å². The van der Waals surface area contributed by atoms with E-state index in [1.54, 1.807) is 26.8 Å². The molecule has 4 saturated carbocycles. The minimum Gasteiger partial charge on any atom is -0.458 e. The first kappa shape index (κ1) is 65.2. The number of rotatable bonds is 15. The van der Waals surface area contributed by atoms with Gasteiger partial charge in [0.2, 0.25) is 0 Å². The second-order valence-corrected chi connectivity index (χ2v) is 27.1. The maximum absolute atomic E-state index is 14.2. The summed E-state index contributed by atoms with van der Waals surface area (Å²) < 4.78 is 55.3. The summed E-state index contributed by atoms with van der Waals surface area (Å²) in [5.41, 5.74) is -2.83. The predicted molar refractivity (Wildman–Crippen MR) is 283 cm³/mol. The van der Waals surface area contributed by atoms with E-state index in [1.807, 2.05) is 0 Å². The number of aldehydes is 1. The van der Waals surface area contributed by atoms with Crippen LogP contribution in [0.2, 0.25) is 0 Å². The van der Waals surface area contributed by atoms with Gasteiger partial charge >= 0.3 is 5.97 Å². The molecule has 0 bridgehead atoms. The van der Waals surface area contributed by atoms with E-state index in [1.165, 1.54) is 0 Å². The Kier molecular flexibility index (Phi) is 19.1. The monoisotopic (exact) mass is 1190 g/mol. The number of ether oxygens (including phenoxy) is 9. The van der Waals surface area contributed by atoms with Crippen molar-refractivity contribution >= 4 is 12.3 Å². The summed E-state index contributed by atoms with van der Waals surface area (Å²) >= 11 is 0. The van der Waals surface area contributed by atoms with E-state index in [9.17, 15) is 81.1 Å². The Balaban J connectivity index is 1.04. The van der Waals surface area contributed by atoms with Crippen molar-refractivity contribution in [3.05, 3.63) is 23.3 Å². The first-order valence-electron chi connectivity index (χ1n) is 29.5. The molecule has 4 aliphatic heterocycles. The molecule has 5 aliphatic carbocycles. The van der Waals surface area contributed by atoms with Crippen LogP contribution in [0.3, 0.4) is 0 Å². The maximum Gasteiger partial charge on any atom is 0.333 e. The molecule has 25 nitrogen and oxygen atoms in total. The molecule has 83 heavy (non-hydrogen) atoms. The number of hydrogen-bond donors (Lipinski definition) is 14. The van der Waals surface area contributed by atoms with Gasteiger partial charge in [-0.15, -0.1) is 0 Å². The van der Waals surface area contributed by atoms with Crippen LogP contribution in [-0.4, -0.2) is 252 Å². The molecule has 4 saturated heterocycles. The first-order valence-corrected chi connectivity index (χ1v) is 29.5. The van der Waals surface area contributed by atoms with Gasteiger partial charge in [0.05, 0.1) is 56.1 Å². The molecule has 30 atom stereocenters. The topological polar surface area (TPSA) is 400 Å². The van der Waals surface area contributed by atoms with Crippen LogP contribution in [0, 0.1) is 50.2 Å². The van der Waals surface area contributed by atoms with Gasteiger partial charge in [-0.05, 0) is 105 Å². The van der Waals surface area contributed by atoms with Gasteiger partial charge in [-0.3, -0.25) is 0 Å². The Bertz CT molecular complexity index is 2360. The Hall–Kier alpha value is -2.26. The van der Waals surface area contributed by atoms with E-state index in [0.717, 1.165) is 11.9 Å². The number of fused-ring (bicyclic) bond motifs is 7. The molecule has 14 N–H and O–H groups in total. The van der Waals surface area contributed by atoms with Crippen molar-refractivity contribution in [2.75, 3.05) is 33.0 Å². The molecule has 4 heterocycles. The molecule has 8 fully saturated rings. The fraction of sp³-hybridized carbons (Fsp3) is 0.897. The summed E-state index contributed by atoms with van der Waals surface area (Å²) in [7, 11) is 0. The summed E-state index contributed by atoms with van der Waals surface area (Å²) in [6.45, 7) is 12.6. The van der Waals surface area contributed by atoms with E-state index in [4.69, 9.17) is 42.6 Å². The average molecular weight is 1190 g/mol. The molecule has 0 spiro atoms. The molecule has 30 unspecified atom stereocenters. The number of carbonyl (C=O) groups excluding carboxylic acids is 2. The van der Waals surface area contributed by atoms with Crippen LogP contribution in [0.4, 0.5) is 0 Å². The van der Waals surface area contributed by atoms with Gasteiger partial charge < -0.3 is 119 Å². The zero-order chi connectivity index (χ0) is 60.8. The van der Waals surface area contributed by atoms with Crippen LogP contribution in [0.25, 0.3) is 0 Å². The van der Waals surface area contributed by atoms with Crippen LogP contribution < -0.4 is 0 Å². The van der Waals surface area contributed by atoms with Crippen LogP contribution in [-0.2, 0) is 52.2 Å². The number of allylic oxidation sites excluding steroid dienone is 3. The highest BCUT2D eigenvalue weighted by Crippen LogP contribution is 2.76. The van der Waals surface area contributed by atoms with Crippen molar-refractivity contribution in [1.82, 2.24) is 0 Å². The average Bonchev–Trinajstić information content (AvgIpc) is 0.863. The molecule has 0 aromatic rings. The van der Waals surface area contributed by atoms with Crippen LogP contribution >= 0.6 is 0 Å². The van der Waals surface area contributed by atoms with E-state index in [-0.39, 0.29) is 36.2 Å². The lowest BCUT2D eigenvalue weighted by atomic mass is 9.33. The predicted octanol–water partition coefficient (Wildman–Crippen LogP) is -2.29. The summed E-state index contributed by atoms with van der Waals surface area (Å²) in [4.78, 5) is 27.6. The van der Waals surface area contributed by atoms with Gasteiger partial charge in [-0.25, -0.2) is 4.79 Å². The molecule has 0 radical (unpaired) electrons. The van der Waals surface area contributed by atoms with Gasteiger partial charge in [0, 0.05) is 5.57 Å². The van der Waals surface area contributed by atoms with E-state index in [0.29, 0.717) is 50.5 Å². The SMILES string of the molecule is CC=C(C)C(=O)OC1CC(C)(C)CC2C3=CCC4C5(C)CCC(OC6OC(CO)C(O)C(OC7OCC(O)C(O)C7OC7OC(CO)C(O)C(O)C7O)C6OC6OC(CO)C(O)C(O)C6O)C(C)(C=O)C5CCC4(C)C3(C)CC(O)C12CO. The third kappa shape index (κ3) is 10.7. The number of aliphatic hydroxyl groups is 14. The second-order valence-electron chi connectivity index (χ2n) is 27.1. The van der Waals surface area contributed by atoms with Crippen molar-refractivity contribution in [3.63, 3.8) is 0 Å². The Morgan fingerprint density at radius 3 is 1.76 bits per heavy atom. The van der Waals surface area contributed by atoms with Crippen molar-refractivity contribution < 1.29 is 124 Å². The minimum absolute atomic E-state index is 0.0541. The van der Waals surface area contributed by atoms with Crippen LogP contribution in [0.5, 0.6) is 0 Å². The maximum atomic E-state index is 14.2. The summed E-state index contributed by atoms with van der Waals surface area (Å²) in [5, 5.41) is 154. The normalized spacial score (nSPS) is 52.7. The summed E-state index contributed by atoms with van der Waals surface area (Å²) in [5.74, 6) is -1.23. The smallest absolute Gasteiger partial charge is 0.333 e. The van der Waals surface area contributed by atoms with E-state index < -0.39 is 195 Å². The molecule has 0 aromatic carbocycles. The van der Waals surface area contributed by atoms with E-state index in [2.05, 4.69) is 40.7 Å². The molecular formula is C58H92O25.